The van der Waals surface area contributed by atoms with E-state index >= 15 is 0 Å². The molecule has 0 saturated heterocycles. The van der Waals surface area contributed by atoms with E-state index in [1.807, 2.05) is 16.8 Å². The Kier molecular flexibility index (Phi) is 4.70. The van der Waals surface area contributed by atoms with Gasteiger partial charge in [0, 0.05) is 18.3 Å². The monoisotopic (exact) mass is 285 g/mol. The lowest BCUT2D eigenvalue weighted by Crippen LogP contribution is -2.11. The number of aliphatic hydroxyl groups is 1. The average molecular weight is 285 g/mol. The van der Waals surface area contributed by atoms with Crippen LogP contribution in [0, 0.1) is 0 Å². The molecule has 19 heavy (non-hydrogen) atoms. The van der Waals surface area contributed by atoms with E-state index in [-0.39, 0.29) is 5.75 Å². The van der Waals surface area contributed by atoms with Gasteiger partial charge in [-0.05, 0) is 34.5 Å². The van der Waals surface area contributed by atoms with Crippen molar-refractivity contribution in [3.8, 4) is 5.75 Å². The van der Waals surface area contributed by atoms with Crippen LogP contribution in [0.25, 0.3) is 0 Å². The molecule has 0 saturated carbocycles. The van der Waals surface area contributed by atoms with Crippen molar-refractivity contribution in [1.29, 1.82) is 0 Å². The highest BCUT2D eigenvalue weighted by Gasteiger charge is 2.08. The molecule has 0 radical (unpaired) electrons. The van der Waals surface area contributed by atoms with Gasteiger partial charge in [-0.3, -0.25) is 0 Å². The molecule has 1 unspecified atom stereocenters. The second-order valence-electron chi connectivity index (χ2n) is 3.86. The van der Waals surface area contributed by atoms with Crippen LogP contribution >= 0.6 is 11.3 Å². The van der Waals surface area contributed by atoms with Gasteiger partial charge < -0.3 is 15.2 Å². The predicted molar refractivity (Wildman–Crippen MR) is 70.8 cm³/mol. The molecule has 0 bridgehead atoms. The summed E-state index contributed by atoms with van der Waals surface area (Å²) in [5.74, 6) is 0.0880. The summed E-state index contributed by atoms with van der Waals surface area (Å²) in [6.07, 6.45) is -0.633. The van der Waals surface area contributed by atoms with E-state index in [2.05, 4.69) is 10.1 Å². The molecule has 6 heteroatoms. The van der Waals surface area contributed by atoms with Crippen LogP contribution < -0.4 is 10.1 Å². The number of halogens is 2. The second-order valence-corrected chi connectivity index (χ2v) is 4.64. The van der Waals surface area contributed by atoms with Gasteiger partial charge in [-0.15, -0.1) is 0 Å². The Morgan fingerprint density at radius 1 is 1.32 bits per heavy atom. The molecule has 1 aromatic heterocycles. The lowest BCUT2D eigenvalue weighted by atomic mass is 10.2. The van der Waals surface area contributed by atoms with Gasteiger partial charge in [0.2, 0.25) is 0 Å². The van der Waals surface area contributed by atoms with Crippen LogP contribution in [0.1, 0.15) is 11.7 Å². The molecule has 1 atom stereocenters. The van der Waals surface area contributed by atoms with Gasteiger partial charge >= 0.3 is 6.61 Å². The lowest BCUT2D eigenvalue weighted by Gasteiger charge is -2.12. The minimum absolute atomic E-state index is 0.0880. The van der Waals surface area contributed by atoms with Crippen molar-refractivity contribution in [1.82, 2.24) is 0 Å². The van der Waals surface area contributed by atoms with Crippen LogP contribution in [-0.2, 0) is 0 Å². The highest BCUT2D eigenvalue weighted by atomic mass is 32.1. The van der Waals surface area contributed by atoms with Crippen molar-refractivity contribution in [2.24, 2.45) is 0 Å². The van der Waals surface area contributed by atoms with Crippen LogP contribution in [-0.4, -0.2) is 18.3 Å². The minimum atomic E-state index is -2.84. The van der Waals surface area contributed by atoms with E-state index in [4.69, 9.17) is 0 Å². The summed E-state index contributed by atoms with van der Waals surface area (Å²) in [6, 6.07) is 8.09. The third-order valence-electron chi connectivity index (χ3n) is 2.49. The fourth-order valence-corrected chi connectivity index (χ4v) is 2.29. The Balaban J connectivity index is 1.92. The summed E-state index contributed by atoms with van der Waals surface area (Å²) in [7, 11) is 0. The zero-order valence-electron chi connectivity index (χ0n) is 9.92. The van der Waals surface area contributed by atoms with E-state index in [1.165, 1.54) is 23.5 Å². The lowest BCUT2D eigenvalue weighted by molar-refractivity contribution is -0.0498. The first-order chi connectivity index (χ1) is 9.15. The van der Waals surface area contributed by atoms with E-state index in [0.29, 0.717) is 12.2 Å². The Morgan fingerprint density at radius 3 is 2.84 bits per heavy atom. The van der Waals surface area contributed by atoms with Crippen LogP contribution in [0.15, 0.2) is 41.1 Å². The van der Waals surface area contributed by atoms with Crippen LogP contribution in [0.5, 0.6) is 5.75 Å². The number of rotatable bonds is 6. The average Bonchev–Trinajstić information content (AvgIpc) is 2.89. The van der Waals surface area contributed by atoms with Crippen LogP contribution in [0.4, 0.5) is 14.5 Å². The molecule has 0 amide bonds. The highest BCUT2D eigenvalue weighted by Crippen LogP contribution is 2.21. The summed E-state index contributed by atoms with van der Waals surface area (Å²) in [6.45, 7) is -2.54. The molecule has 0 aliphatic rings. The van der Waals surface area contributed by atoms with Crippen molar-refractivity contribution < 1.29 is 18.6 Å². The first-order valence-electron chi connectivity index (χ1n) is 5.64. The van der Waals surface area contributed by atoms with Crippen molar-refractivity contribution in [3.63, 3.8) is 0 Å². The number of hydrogen-bond donors (Lipinski definition) is 2. The minimum Gasteiger partial charge on any atom is -0.435 e. The van der Waals surface area contributed by atoms with Crippen molar-refractivity contribution in [2.45, 2.75) is 12.7 Å². The fourth-order valence-electron chi connectivity index (χ4n) is 1.58. The maximum atomic E-state index is 12.1. The zero-order valence-corrected chi connectivity index (χ0v) is 10.7. The third-order valence-corrected chi connectivity index (χ3v) is 3.19. The number of aliphatic hydroxyl groups excluding tert-OH is 1. The number of benzene rings is 1. The maximum absolute atomic E-state index is 12.1. The fraction of sp³-hybridized carbons (Fsp3) is 0.231. The van der Waals surface area contributed by atoms with Crippen LogP contribution in [0.3, 0.4) is 0 Å². The molecule has 2 N–H and O–H groups in total. The standard InChI is InChI=1S/C13H13F2NO2S/c14-13(15)18-11-3-1-2-10(6-11)16-7-12(17)9-4-5-19-8-9/h1-6,8,12-13,16-17H,7H2. The molecule has 3 nitrogen and oxygen atoms in total. The third kappa shape index (κ3) is 4.18. The molecule has 2 aromatic rings. The molecular formula is C13H13F2NO2S. The van der Waals surface area contributed by atoms with E-state index in [0.717, 1.165) is 5.56 Å². The second kappa shape index (κ2) is 6.49. The summed E-state index contributed by atoms with van der Waals surface area (Å²) < 4.78 is 28.4. The number of alkyl halides is 2. The van der Waals surface area contributed by atoms with Crippen LogP contribution in [0.2, 0.25) is 0 Å². The quantitative estimate of drug-likeness (QED) is 0.853. The topological polar surface area (TPSA) is 41.5 Å². The molecule has 0 spiro atoms. The van der Waals surface area contributed by atoms with Crippen molar-refractivity contribution in [3.05, 3.63) is 46.7 Å². The molecule has 0 fully saturated rings. The molecule has 1 aromatic carbocycles. The predicted octanol–water partition coefficient (Wildman–Crippen LogP) is 3.50. The number of hydrogen-bond acceptors (Lipinski definition) is 4. The zero-order chi connectivity index (χ0) is 13.7. The van der Waals surface area contributed by atoms with Gasteiger partial charge in [-0.2, -0.15) is 20.1 Å². The Hall–Kier alpha value is -1.66. The van der Waals surface area contributed by atoms with Gasteiger partial charge in [0.25, 0.3) is 0 Å². The van der Waals surface area contributed by atoms with Crippen molar-refractivity contribution in [2.75, 3.05) is 11.9 Å². The van der Waals surface area contributed by atoms with Gasteiger partial charge in [0.1, 0.15) is 5.75 Å². The van der Waals surface area contributed by atoms with Gasteiger partial charge in [0.05, 0.1) is 6.10 Å². The number of thiophene rings is 1. The van der Waals surface area contributed by atoms with E-state index in [9.17, 15) is 13.9 Å². The molecule has 1 heterocycles. The number of anilines is 1. The van der Waals surface area contributed by atoms with E-state index < -0.39 is 12.7 Å². The molecule has 0 aliphatic carbocycles. The summed E-state index contributed by atoms with van der Waals surface area (Å²) in [5, 5.41) is 16.6. The summed E-state index contributed by atoms with van der Waals surface area (Å²) >= 11 is 1.51. The normalized spacial score (nSPS) is 12.4. The Labute approximate surface area is 113 Å². The van der Waals surface area contributed by atoms with Gasteiger partial charge in [0.15, 0.2) is 0 Å². The number of ether oxygens (including phenoxy) is 1. The Bertz CT molecular complexity index is 505. The molecule has 102 valence electrons. The van der Waals surface area contributed by atoms with Gasteiger partial charge in [-0.1, -0.05) is 6.07 Å². The smallest absolute Gasteiger partial charge is 0.387 e. The maximum Gasteiger partial charge on any atom is 0.387 e. The molecule has 2 rings (SSSR count). The summed E-state index contributed by atoms with van der Waals surface area (Å²) in [5.41, 5.74) is 1.45. The van der Waals surface area contributed by atoms with Crippen molar-refractivity contribution >= 4 is 17.0 Å². The first kappa shape index (κ1) is 13.8. The van der Waals surface area contributed by atoms with Gasteiger partial charge in [-0.25, -0.2) is 0 Å². The molecular weight excluding hydrogens is 272 g/mol. The SMILES string of the molecule is OC(CNc1cccc(OC(F)F)c1)c1ccsc1. The molecule has 0 aliphatic heterocycles. The Morgan fingerprint density at radius 2 is 2.16 bits per heavy atom. The highest BCUT2D eigenvalue weighted by molar-refractivity contribution is 7.07. The van der Waals surface area contributed by atoms with E-state index in [1.54, 1.807) is 12.1 Å². The first-order valence-corrected chi connectivity index (χ1v) is 6.58. The summed E-state index contributed by atoms with van der Waals surface area (Å²) in [4.78, 5) is 0. The number of nitrogens with one attached hydrogen (secondary N) is 1. The largest absolute Gasteiger partial charge is 0.435 e.